The van der Waals surface area contributed by atoms with Crippen LogP contribution in [0.4, 0.5) is 5.69 Å². The zero-order valence-electron chi connectivity index (χ0n) is 12.0. The lowest BCUT2D eigenvalue weighted by Gasteiger charge is -2.21. The fourth-order valence-corrected chi connectivity index (χ4v) is 4.24. The molecule has 3 atom stereocenters. The van der Waals surface area contributed by atoms with Crippen LogP contribution in [-0.4, -0.2) is 14.3 Å². The Balaban J connectivity index is 1.80. The molecule has 3 N–H and O–H groups in total. The topological polar surface area (TPSA) is 89.3 Å². The molecule has 0 saturated heterocycles. The van der Waals surface area contributed by atoms with Crippen molar-refractivity contribution in [2.24, 2.45) is 22.9 Å². The molecule has 2 aliphatic rings. The van der Waals surface area contributed by atoms with Crippen molar-refractivity contribution in [3.05, 3.63) is 23.8 Å². The van der Waals surface area contributed by atoms with Crippen molar-refractivity contribution in [3.63, 3.8) is 0 Å². The van der Waals surface area contributed by atoms with Crippen LogP contribution in [-0.2, 0) is 14.8 Å². The van der Waals surface area contributed by atoms with E-state index >= 15 is 0 Å². The number of rotatable bonds is 3. The van der Waals surface area contributed by atoms with E-state index in [1.165, 1.54) is 18.6 Å². The van der Waals surface area contributed by atoms with Crippen LogP contribution in [0.3, 0.4) is 0 Å². The van der Waals surface area contributed by atoms with E-state index in [0.717, 1.165) is 24.8 Å². The van der Waals surface area contributed by atoms with Gasteiger partial charge in [0.1, 0.15) is 0 Å². The predicted octanol–water partition coefficient (Wildman–Crippen LogP) is 2.02. The molecule has 5 nitrogen and oxygen atoms in total. The number of anilines is 1. The first-order valence-corrected chi connectivity index (χ1v) is 8.83. The Morgan fingerprint density at radius 2 is 2.05 bits per heavy atom. The lowest BCUT2D eigenvalue weighted by Crippen LogP contribution is -2.27. The highest BCUT2D eigenvalue weighted by Gasteiger charge is 2.43. The SMILES string of the molecule is Cc1ccc(S(N)(=O)=O)cc1NC(=O)[C@@H]1C[C@H]2CC[C@H]1C2. The van der Waals surface area contributed by atoms with E-state index in [-0.39, 0.29) is 16.7 Å². The van der Waals surface area contributed by atoms with E-state index in [2.05, 4.69) is 5.32 Å². The van der Waals surface area contributed by atoms with Gasteiger partial charge in [0.05, 0.1) is 4.90 Å². The summed E-state index contributed by atoms with van der Waals surface area (Å²) in [7, 11) is -3.76. The summed E-state index contributed by atoms with van der Waals surface area (Å²) in [6.07, 6.45) is 4.51. The van der Waals surface area contributed by atoms with Gasteiger partial charge in [0, 0.05) is 11.6 Å². The first-order chi connectivity index (χ1) is 9.84. The molecular weight excluding hydrogens is 288 g/mol. The predicted molar refractivity (Wildman–Crippen MR) is 80.1 cm³/mol. The Morgan fingerprint density at radius 3 is 2.62 bits per heavy atom. The Morgan fingerprint density at radius 1 is 1.29 bits per heavy atom. The van der Waals surface area contributed by atoms with Gasteiger partial charge in [0.15, 0.2) is 0 Å². The van der Waals surface area contributed by atoms with Crippen LogP contribution in [0.2, 0.25) is 0 Å². The van der Waals surface area contributed by atoms with E-state index in [0.29, 0.717) is 17.5 Å². The second-order valence-corrected chi connectivity index (χ2v) is 7.85. The van der Waals surface area contributed by atoms with Gasteiger partial charge in [-0.05, 0) is 55.7 Å². The molecule has 0 aliphatic heterocycles. The first-order valence-electron chi connectivity index (χ1n) is 7.29. The number of hydrogen-bond acceptors (Lipinski definition) is 3. The minimum atomic E-state index is -3.76. The third kappa shape index (κ3) is 2.82. The number of nitrogens with two attached hydrogens (primary N) is 1. The highest BCUT2D eigenvalue weighted by molar-refractivity contribution is 7.89. The number of nitrogens with one attached hydrogen (secondary N) is 1. The fourth-order valence-electron chi connectivity index (χ4n) is 3.70. The summed E-state index contributed by atoms with van der Waals surface area (Å²) in [4.78, 5) is 12.5. The van der Waals surface area contributed by atoms with Gasteiger partial charge < -0.3 is 5.32 Å². The van der Waals surface area contributed by atoms with Crippen LogP contribution in [0, 0.1) is 24.7 Å². The third-order valence-electron chi connectivity index (χ3n) is 4.87. The molecule has 0 heterocycles. The van der Waals surface area contributed by atoms with E-state index in [1.54, 1.807) is 6.07 Å². The van der Waals surface area contributed by atoms with Crippen LogP contribution in [0.1, 0.15) is 31.2 Å². The molecule has 0 spiro atoms. The van der Waals surface area contributed by atoms with Crippen molar-refractivity contribution >= 4 is 21.6 Å². The Kier molecular flexibility index (Phi) is 3.53. The molecule has 2 bridgehead atoms. The van der Waals surface area contributed by atoms with Gasteiger partial charge in [-0.2, -0.15) is 0 Å². The van der Waals surface area contributed by atoms with Gasteiger partial charge >= 0.3 is 0 Å². The van der Waals surface area contributed by atoms with Crippen LogP contribution >= 0.6 is 0 Å². The van der Waals surface area contributed by atoms with Crippen LogP contribution < -0.4 is 10.5 Å². The first kappa shape index (κ1) is 14.5. The van der Waals surface area contributed by atoms with Gasteiger partial charge in [0.2, 0.25) is 15.9 Å². The summed E-state index contributed by atoms with van der Waals surface area (Å²) in [5.41, 5.74) is 1.37. The molecule has 1 aromatic rings. The van der Waals surface area contributed by atoms with Crippen molar-refractivity contribution in [2.45, 2.75) is 37.5 Å². The van der Waals surface area contributed by atoms with Gasteiger partial charge in [0.25, 0.3) is 0 Å². The smallest absolute Gasteiger partial charge is 0.238 e. The van der Waals surface area contributed by atoms with Gasteiger partial charge in [-0.1, -0.05) is 12.5 Å². The Bertz CT molecular complexity index is 684. The number of hydrogen-bond donors (Lipinski definition) is 2. The quantitative estimate of drug-likeness (QED) is 0.895. The highest BCUT2D eigenvalue weighted by atomic mass is 32.2. The summed E-state index contributed by atoms with van der Waals surface area (Å²) >= 11 is 0. The average Bonchev–Trinajstić information content (AvgIpc) is 3.02. The zero-order valence-corrected chi connectivity index (χ0v) is 12.8. The largest absolute Gasteiger partial charge is 0.326 e. The maximum atomic E-state index is 12.4. The molecule has 0 unspecified atom stereocenters. The molecule has 2 fully saturated rings. The van der Waals surface area contributed by atoms with E-state index in [9.17, 15) is 13.2 Å². The molecule has 21 heavy (non-hydrogen) atoms. The number of carbonyl (C=O) groups is 1. The lowest BCUT2D eigenvalue weighted by molar-refractivity contribution is -0.121. The second-order valence-electron chi connectivity index (χ2n) is 6.29. The number of benzene rings is 1. The number of aryl methyl sites for hydroxylation is 1. The maximum Gasteiger partial charge on any atom is 0.238 e. The molecule has 6 heteroatoms. The summed E-state index contributed by atoms with van der Waals surface area (Å²) < 4.78 is 22.8. The fraction of sp³-hybridized carbons (Fsp3) is 0.533. The van der Waals surface area contributed by atoms with Crippen molar-refractivity contribution in [1.82, 2.24) is 0 Å². The number of amides is 1. The molecule has 2 aliphatic carbocycles. The molecule has 1 aromatic carbocycles. The molecule has 1 amide bonds. The molecule has 0 aromatic heterocycles. The third-order valence-corrected chi connectivity index (χ3v) is 5.78. The highest BCUT2D eigenvalue weighted by Crippen LogP contribution is 2.48. The molecule has 114 valence electrons. The van der Waals surface area contributed by atoms with Crippen LogP contribution in [0.15, 0.2) is 23.1 Å². The summed E-state index contributed by atoms with van der Waals surface area (Å²) in [5.74, 6) is 1.28. The van der Waals surface area contributed by atoms with Gasteiger partial charge in [-0.15, -0.1) is 0 Å². The maximum absolute atomic E-state index is 12.4. The summed E-state index contributed by atoms with van der Waals surface area (Å²) in [5, 5.41) is 8.03. The van der Waals surface area contributed by atoms with Crippen molar-refractivity contribution in [3.8, 4) is 0 Å². The van der Waals surface area contributed by atoms with Crippen molar-refractivity contribution in [2.75, 3.05) is 5.32 Å². The lowest BCUT2D eigenvalue weighted by atomic mass is 9.88. The van der Waals surface area contributed by atoms with Gasteiger partial charge in [-0.3, -0.25) is 4.79 Å². The minimum absolute atomic E-state index is 0.0110. The monoisotopic (exact) mass is 308 g/mol. The number of primary sulfonamides is 1. The molecular formula is C15H20N2O3S. The second kappa shape index (κ2) is 5.10. The standard InChI is InChI=1S/C15H20N2O3S/c1-9-2-5-12(21(16,19)20)8-14(9)17-15(18)13-7-10-3-4-11(13)6-10/h2,5,8,10-11,13H,3-4,6-7H2,1H3,(H,17,18)(H2,16,19,20)/t10-,11-,13+/m0/s1. The Labute approximate surface area is 125 Å². The number of sulfonamides is 1. The molecule has 0 radical (unpaired) electrons. The average molecular weight is 308 g/mol. The van der Waals surface area contributed by atoms with Crippen molar-refractivity contribution in [1.29, 1.82) is 0 Å². The van der Waals surface area contributed by atoms with E-state index in [1.807, 2.05) is 6.92 Å². The molecule has 3 rings (SSSR count). The van der Waals surface area contributed by atoms with Crippen LogP contribution in [0.25, 0.3) is 0 Å². The zero-order chi connectivity index (χ0) is 15.2. The number of carbonyl (C=O) groups excluding carboxylic acids is 1. The normalized spacial score (nSPS) is 27.8. The van der Waals surface area contributed by atoms with E-state index < -0.39 is 10.0 Å². The van der Waals surface area contributed by atoms with Crippen LogP contribution in [0.5, 0.6) is 0 Å². The summed E-state index contributed by atoms with van der Waals surface area (Å²) in [6, 6.07) is 4.56. The minimum Gasteiger partial charge on any atom is -0.326 e. The Hall–Kier alpha value is -1.40. The van der Waals surface area contributed by atoms with E-state index in [4.69, 9.17) is 5.14 Å². The number of fused-ring (bicyclic) bond motifs is 2. The summed E-state index contributed by atoms with van der Waals surface area (Å²) in [6.45, 7) is 1.84. The molecule has 2 saturated carbocycles. The van der Waals surface area contributed by atoms with Crippen molar-refractivity contribution < 1.29 is 13.2 Å². The van der Waals surface area contributed by atoms with Gasteiger partial charge in [-0.25, -0.2) is 13.6 Å².